The third kappa shape index (κ3) is 7.63. The Morgan fingerprint density at radius 1 is 0.943 bits per heavy atom. The monoisotopic (exact) mass is 516 g/mol. The van der Waals surface area contributed by atoms with Crippen molar-refractivity contribution in [2.24, 2.45) is 5.10 Å². The van der Waals surface area contributed by atoms with Crippen molar-refractivity contribution in [3.63, 3.8) is 0 Å². The van der Waals surface area contributed by atoms with E-state index in [1.807, 2.05) is 6.92 Å². The quantitative estimate of drug-likeness (QED) is 0.173. The molecule has 0 aliphatic heterocycles. The molecule has 1 amide bonds. The van der Waals surface area contributed by atoms with Crippen LogP contribution in [0.15, 0.2) is 65.8 Å². The van der Waals surface area contributed by atoms with Crippen LogP contribution in [0.1, 0.15) is 22.8 Å². The van der Waals surface area contributed by atoms with E-state index in [0.717, 1.165) is 0 Å². The number of ether oxygens (including phenoxy) is 4. The van der Waals surface area contributed by atoms with Crippen LogP contribution in [0.3, 0.4) is 0 Å². The maximum Gasteiger partial charge on any atom is 0.343 e. The molecule has 0 saturated carbocycles. The first kappa shape index (κ1) is 25.9. The zero-order valence-corrected chi connectivity index (χ0v) is 20.4. The number of halogens is 2. The van der Waals surface area contributed by atoms with Crippen LogP contribution in [0.2, 0.25) is 10.0 Å². The molecule has 10 heteroatoms. The van der Waals surface area contributed by atoms with Crippen molar-refractivity contribution in [1.82, 2.24) is 5.43 Å². The number of hydrazone groups is 1. The van der Waals surface area contributed by atoms with Gasteiger partial charge in [0, 0.05) is 5.02 Å². The van der Waals surface area contributed by atoms with Crippen molar-refractivity contribution in [1.29, 1.82) is 0 Å². The highest BCUT2D eigenvalue weighted by molar-refractivity contribution is 6.35. The topological polar surface area (TPSA) is 95.5 Å². The third-order valence-electron chi connectivity index (χ3n) is 4.45. The Balaban J connectivity index is 1.59. The summed E-state index contributed by atoms with van der Waals surface area (Å²) < 4.78 is 21.5. The average Bonchev–Trinajstić information content (AvgIpc) is 2.85. The highest BCUT2D eigenvalue weighted by atomic mass is 35.5. The van der Waals surface area contributed by atoms with Crippen molar-refractivity contribution in [3.8, 4) is 23.0 Å². The molecule has 0 spiro atoms. The molecule has 0 aliphatic carbocycles. The number of esters is 1. The molecule has 182 valence electrons. The molecule has 0 fully saturated rings. The van der Waals surface area contributed by atoms with Crippen LogP contribution in [-0.2, 0) is 4.79 Å². The second-order valence-corrected chi connectivity index (χ2v) is 7.76. The van der Waals surface area contributed by atoms with E-state index in [4.69, 9.17) is 42.1 Å². The molecule has 0 heterocycles. The number of carbonyl (C=O) groups excluding carboxylic acids is 2. The van der Waals surface area contributed by atoms with Crippen LogP contribution in [-0.4, -0.2) is 38.4 Å². The summed E-state index contributed by atoms with van der Waals surface area (Å²) in [5.41, 5.74) is 3.34. The van der Waals surface area contributed by atoms with Crippen LogP contribution in [0, 0.1) is 0 Å². The predicted molar refractivity (Wildman–Crippen MR) is 133 cm³/mol. The summed E-state index contributed by atoms with van der Waals surface area (Å²) in [5, 5.41) is 4.67. The highest BCUT2D eigenvalue weighted by Crippen LogP contribution is 2.29. The molecule has 0 unspecified atom stereocenters. The number of nitrogens with one attached hydrogen (secondary N) is 1. The maximum absolute atomic E-state index is 12.5. The summed E-state index contributed by atoms with van der Waals surface area (Å²) in [5.74, 6) is 0.543. The molecule has 0 aromatic heterocycles. The predicted octanol–water partition coefficient (Wildman–Crippen LogP) is 5.15. The number of carbonyl (C=O) groups is 2. The van der Waals surface area contributed by atoms with E-state index in [1.54, 1.807) is 61.7 Å². The van der Waals surface area contributed by atoms with Gasteiger partial charge in [-0.1, -0.05) is 23.2 Å². The molecule has 0 saturated heterocycles. The summed E-state index contributed by atoms with van der Waals surface area (Å²) >= 11 is 11.8. The lowest BCUT2D eigenvalue weighted by Gasteiger charge is -2.11. The smallest absolute Gasteiger partial charge is 0.343 e. The van der Waals surface area contributed by atoms with Crippen molar-refractivity contribution >= 4 is 41.3 Å². The number of amides is 1. The third-order valence-corrected chi connectivity index (χ3v) is 4.98. The molecule has 1 N–H and O–H groups in total. The molecule has 35 heavy (non-hydrogen) atoms. The fraction of sp³-hybridized carbons (Fsp3) is 0.160. The first-order chi connectivity index (χ1) is 16.9. The van der Waals surface area contributed by atoms with Gasteiger partial charge in [0.15, 0.2) is 18.1 Å². The van der Waals surface area contributed by atoms with Crippen LogP contribution >= 0.6 is 23.2 Å². The number of rotatable bonds is 10. The average molecular weight is 517 g/mol. The Hall–Kier alpha value is -3.75. The minimum atomic E-state index is -0.539. The summed E-state index contributed by atoms with van der Waals surface area (Å²) in [4.78, 5) is 24.5. The summed E-state index contributed by atoms with van der Waals surface area (Å²) in [6.45, 7) is 1.88. The number of benzene rings is 3. The Morgan fingerprint density at radius 2 is 1.69 bits per heavy atom. The number of nitrogens with zero attached hydrogens (tertiary/aromatic N) is 1. The number of hydrogen-bond donors (Lipinski definition) is 1. The standard InChI is InChI=1S/C25H22Cl2N2O6/c1-3-33-23-12-16(4-10-22(23)35-25(31)17-5-8-19(32-2)9-6-17)14-28-29-24(30)15-34-21-11-7-18(26)13-20(21)27/h4-14H,3,15H2,1-2H3,(H,29,30)/b28-14-. The highest BCUT2D eigenvalue weighted by Gasteiger charge is 2.13. The van der Waals surface area contributed by atoms with E-state index in [0.29, 0.717) is 45.0 Å². The second-order valence-electron chi connectivity index (χ2n) is 6.91. The fourth-order valence-corrected chi connectivity index (χ4v) is 3.25. The lowest BCUT2D eigenvalue weighted by atomic mass is 10.2. The molecule has 0 bridgehead atoms. The van der Waals surface area contributed by atoms with Gasteiger partial charge in [0.1, 0.15) is 11.5 Å². The van der Waals surface area contributed by atoms with E-state index < -0.39 is 11.9 Å². The van der Waals surface area contributed by atoms with Crippen LogP contribution in [0.25, 0.3) is 0 Å². The Bertz CT molecular complexity index is 1220. The Kier molecular flexibility index (Phi) is 9.34. The minimum absolute atomic E-state index is 0.252. The van der Waals surface area contributed by atoms with Gasteiger partial charge in [-0.25, -0.2) is 10.2 Å². The second kappa shape index (κ2) is 12.6. The molecule has 0 radical (unpaired) electrons. The molecular formula is C25H22Cl2N2O6. The van der Waals surface area contributed by atoms with Gasteiger partial charge in [-0.15, -0.1) is 0 Å². The van der Waals surface area contributed by atoms with Gasteiger partial charge in [-0.2, -0.15) is 5.10 Å². The maximum atomic E-state index is 12.5. The van der Waals surface area contributed by atoms with Gasteiger partial charge in [-0.05, 0) is 73.2 Å². The molecular weight excluding hydrogens is 495 g/mol. The minimum Gasteiger partial charge on any atom is -0.497 e. The Morgan fingerprint density at radius 3 is 2.37 bits per heavy atom. The van der Waals surface area contributed by atoms with E-state index in [1.165, 1.54) is 12.3 Å². The van der Waals surface area contributed by atoms with Gasteiger partial charge in [0.2, 0.25) is 0 Å². The van der Waals surface area contributed by atoms with E-state index in [2.05, 4.69) is 10.5 Å². The van der Waals surface area contributed by atoms with Crippen LogP contribution in [0.5, 0.6) is 23.0 Å². The molecule has 3 rings (SSSR count). The van der Waals surface area contributed by atoms with Crippen molar-refractivity contribution < 1.29 is 28.5 Å². The lowest BCUT2D eigenvalue weighted by molar-refractivity contribution is -0.123. The largest absolute Gasteiger partial charge is 0.497 e. The molecule has 3 aromatic carbocycles. The molecule has 0 atom stereocenters. The summed E-state index contributed by atoms with van der Waals surface area (Å²) in [6, 6.07) is 16.1. The van der Waals surface area contributed by atoms with Gasteiger partial charge < -0.3 is 18.9 Å². The lowest BCUT2D eigenvalue weighted by Crippen LogP contribution is -2.24. The summed E-state index contributed by atoms with van der Waals surface area (Å²) in [6.07, 6.45) is 1.42. The summed E-state index contributed by atoms with van der Waals surface area (Å²) in [7, 11) is 1.54. The van der Waals surface area contributed by atoms with Crippen LogP contribution < -0.4 is 24.4 Å². The number of methoxy groups -OCH3 is 1. The Labute approximate surface area is 212 Å². The molecule has 3 aromatic rings. The molecule has 0 aliphatic rings. The van der Waals surface area contributed by atoms with Gasteiger partial charge in [0.25, 0.3) is 5.91 Å². The van der Waals surface area contributed by atoms with E-state index in [9.17, 15) is 9.59 Å². The van der Waals surface area contributed by atoms with E-state index >= 15 is 0 Å². The number of hydrogen-bond acceptors (Lipinski definition) is 7. The normalized spacial score (nSPS) is 10.6. The fourth-order valence-electron chi connectivity index (χ4n) is 2.79. The molecule has 8 nitrogen and oxygen atoms in total. The van der Waals surface area contributed by atoms with Crippen molar-refractivity contribution in [2.45, 2.75) is 6.92 Å². The van der Waals surface area contributed by atoms with Crippen molar-refractivity contribution in [3.05, 3.63) is 81.8 Å². The van der Waals surface area contributed by atoms with Gasteiger partial charge >= 0.3 is 5.97 Å². The van der Waals surface area contributed by atoms with E-state index in [-0.39, 0.29) is 12.4 Å². The van der Waals surface area contributed by atoms with Gasteiger partial charge in [0.05, 0.1) is 30.5 Å². The van der Waals surface area contributed by atoms with Gasteiger partial charge in [-0.3, -0.25) is 4.79 Å². The van der Waals surface area contributed by atoms with Crippen molar-refractivity contribution in [2.75, 3.05) is 20.3 Å². The first-order valence-electron chi connectivity index (χ1n) is 10.4. The van der Waals surface area contributed by atoms with Crippen LogP contribution in [0.4, 0.5) is 0 Å². The zero-order valence-electron chi connectivity index (χ0n) is 18.9. The zero-order chi connectivity index (χ0) is 25.2. The SMILES string of the molecule is CCOc1cc(/C=N\NC(=O)COc2ccc(Cl)cc2Cl)ccc1OC(=O)c1ccc(OC)cc1. The first-order valence-corrected chi connectivity index (χ1v) is 11.2.